The first kappa shape index (κ1) is 17.6. The van der Waals surface area contributed by atoms with Gasteiger partial charge in [-0.1, -0.05) is 30.3 Å². The van der Waals surface area contributed by atoms with Crippen molar-refractivity contribution >= 4 is 5.97 Å². The third kappa shape index (κ3) is 3.57. The van der Waals surface area contributed by atoms with Crippen molar-refractivity contribution in [1.82, 2.24) is 4.57 Å². The molecule has 0 aliphatic heterocycles. The number of aromatic nitrogens is 1. The van der Waals surface area contributed by atoms with E-state index in [2.05, 4.69) is 4.57 Å². The minimum atomic E-state index is -0.819. The predicted octanol–water partition coefficient (Wildman–Crippen LogP) is 4.18. The minimum Gasteiger partial charge on any atom is -0.497 e. The number of hydrogen-bond donors (Lipinski definition) is 1. The molecule has 0 saturated heterocycles. The van der Waals surface area contributed by atoms with Crippen molar-refractivity contribution in [2.75, 3.05) is 14.2 Å². The van der Waals surface area contributed by atoms with Crippen LogP contribution < -0.4 is 9.47 Å². The zero-order valence-electron chi connectivity index (χ0n) is 14.8. The first-order valence-corrected chi connectivity index (χ1v) is 8.34. The van der Waals surface area contributed by atoms with E-state index < -0.39 is 5.97 Å². The molecule has 134 valence electrons. The molecule has 0 aliphatic carbocycles. The van der Waals surface area contributed by atoms with Gasteiger partial charge in [-0.2, -0.15) is 0 Å². The molecule has 0 radical (unpaired) electrons. The Morgan fingerprint density at radius 1 is 1.00 bits per heavy atom. The van der Waals surface area contributed by atoms with Crippen molar-refractivity contribution in [2.24, 2.45) is 0 Å². The summed E-state index contributed by atoms with van der Waals surface area (Å²) >= 11 is 0. The van der Waals surface area contributed by atoms with Crippen LogP contribution in [0, 0.1) is 0 Å². The lowest BCUT2D eigenvalue weighted by molar-refractivity contribution is -0.136. The Balaban J connectivity index is 2.17. The number of aliphatic carboxylic acids is 1. The number of aryl methyl sites for hydroxylation is 1. The average molecular weight is 351 g/mol. The molecule has 5 nitrogen and oxygen atoms in total. The summed E-state index contributed by atoms with van der Waals surface area (Å²) in [4.78, 5) is 11.1. The topological polar surface area (TPSA) is 60.7 Å². The van der Waals surface area contributed by atoms with Gasteiger partial charge in [0.15, 0.2) is 0 Å². The molecule has 0 saturated carbocycles. The molecule has 0 fully saturated rings. The number of carbonyl (C=O) groups is 1. The van der Waals surface area contributed by atoms with E-state index in [1.165, 1.54) is 0 Å². The summed E-state index contributed by atoms with van der Waals surface area (Å²) < 4.78 is 12.9. The molecule has 3 aromatic rings. The molecular weight excluding hydrogens is 330 g/mol. The fourth-order valence-electron chi connectivity index (χ4n) is 3.00. The quantitative estimate of drug-likeness (QED) is 0.694. The van der Waals surface area contributed by atoms with E-state index in [1.54, 1.807) is 14.2 Å². The van der Waals surface area contributed by atoms with E-state index in [0.29, 0.717) is 17.9 Å². The molecule has 1 N–H and O–H groups in total. The number of methoxy groups -OCH3 is 2. The summed E-state index contributed by atoms with van der Waals surface area (Å²) in [6, 6.07) is 19.6. The normalized spacial score (nSPS) is 10.5. The minimum absolute atomic E-state index is 0.0662. The lowest BCUT2D eigenvalue weighted by Gasteiger charge is -2.17. The molecule has 26 heavy (non-hydrogen) atoms. The second-order valence-corrected chi connectivity index (χ2v) is 5.84. The lowest BCUT2D eigenvalue weighted by Crippen LogP contribution is -2.07. The number of carboxylic acid groups (broad SMARTS) is 1. The first-order valence-electron chi connectivity index (χ1n) is 8.34. The maximum Gasteiger partial charge on any atom is 0.303 e. The van der Waals surface area contributed by atoms with Crippen LogP contribution in [-0.4, -0.2) is 29.9 Å². The Morgan fingerprint density at radius 2 is 1.77 bits per heavy atom. The van der Waals surface area contributed by atoms with Crippen molar-refractivity contribution in [1.29, 1.82) is 0 Å². The molecule has 0 spiro atoms. The van der Waals surface area contributed by atoms with E-state index in [4.69, 9.17) is 14.6 Å². The van der Waals surface area contributed by atoms with Crippen molar-refractivity contribution in [2.45, 2.75) is 12.8 Å². The zero-order chi connectivity index (χ0) is 18.5. The van der Waals surface area contributed by atoms with Gasteiger partial charge in [0.25, 0.3) is 0 Å². The maximum absolute atomic E-state index is 11.1. The molecule has 0 bridgehead atoms. The Hall–Kier alpha value is -3.21. The van der Waals surface area contributed by atoms with Gasteiger partial charge in [-0.05, 0) is 36.2 Å². The van der Waals surface area contributed by atoms with Crippen LogP contribution in [-0.2, 0) is 11.2 Å². The zero-order valence-corrected chi connectivity index (χ0v) is 14.8. The van der Waals surface area contributed by atoms with Gasteiger partial charge in [0.1, 0.15) is 11.5 Å². The highest BCUT2D eigenvalue weighted by Gasteiger charge is 2.16. The van der Waals surface area contributed by atoms with E-state index in [0.717, 1.165) is 22.6 Å². The summed E-state index contributed by atoms with van der Waals surface area (Å²) in [5, 5.41) is 9.08. The fourth-order valence-corrected chi connectivity index (χ4v) is 3.00. The Morgan fingerprint density at radius 3 is 2.42 bits per heavy atom. The Labute approximate surface area is 152 Å². The highest BCUT2D eigenvalue weighted by Crippen LogP contribution is 2.34. The molecule has 1 aromatic heterocycles. The number of hydrogen-bond acceptors (Lipinski definition) is 3. The molecule has 2 aromatic carbocycles. The number of benzene rings is 2. The van der Waals surface area contributed by atoms with Gasteiger partial charge in [0, 0.05) is 11.8 Å². The van der Waals surface area contributed by atoms with E-state index >= 15 is 0 Å². The SMILES string of the molecule is COc1ccc(-n2c(CCC(=O)O)ccc2-c2ccccc2)c(OC)c1. The average Bonchev–Trinajstić information content (AvgIpc) is 3.10. The number of rotatable bonds is 7. The second kappa shape index (κ2) is 7.78. The van der Waals surface area contributed by atoms with E-state index in [1.807, 2.05) is 60.7 Å². The summed E-state index contributed by atoms with van der Waals surface area (Å²) in [7, 11) is 3.22. The van der Waals surface area contributed by atoms with Gasteiger partial charge in [0.2, 0.25) is 0 Å². The van der Waals surface area contributed by atoms with Crippen molar-refractivity contribution in [3.8, 4) is 28.4 Å². The van der Waals surface area contributed by atoms with Gasteiger partial charge >= 0.3 is 5.97 Å². The van der Waals surface area contributed by atoms with Crippen LogP contribution in [0.5, 0.6) is 11.5 Å². The molecule has 0 aliphatic rings. The smallest absolute Gasteiger partial charge is 0.303 e. The highest BCUT2D eigenvalue weighted by molar-refractivity contribution is 5.69. The monoisotopic (exact) mass is 351 g/mol. The standard InChI is InChI=1S/C21H21NO4/c1-25-17-10-12-19(20(14-17)26-2)22-16(9-13-21(23)24)8-11-18(22)15-6-4-3-5-7-15/h3-8,10-12,14H,9,13H2,1-2H3,(H,23,24). The third-order valence-corrected chi connectivity index (χ3v) is 4.25. The van der Waals surface area contributed by atoms with E-state index in [-0.39, 0.29) is 6.42 Å². The van der Waals surface area contributed by atoms with Crippen molar-refractivity contribution in [3.05, 3.63) is 66.4 Å². The lowest BCUT2D eigenvalue weighted by atomic mass is 10.1. The largest absolute Gasteiger partial charge is 0.497 e. The molecule has 3 rings (SSSR count). The van der Waals surface area contributed by atoms with Gasteiger partial charge in [-0.25, -0.2) is 0 Å². The van der Waals surface area contributed by atoms with Crippen LogP contribution in [0.25, 0.3) is 16.9 Å². The molecule has 0 amide bonds. The maximum atomic E-state index is 11.1. The predicted molar refractivity (Wildman–Crippen MR) is 100 cm³/mol. The summed E-state index contributed by atoms with van der Waals surface area (Å²) in [6.45, 7) is 0. The fraction of sp³-hybridized carbons (Fsp3) is 0.190. The Bertz CT molecular complexity index is 900. The Kier molecular flexibility index (Phi) is 5.27. The number of carboxylic acids is 1. The summed E-state index contributed by atoms with van der Waals surface area (Å²) in [5.74, 6) is 0.543. The first-order chi connectivity index (χ1) is 12.6. The molecule has 1 heterocycles. The van der Waals surface area contributed by atoms with Gasteiger partial charge in [-0.15, -0.1) is 0 Å². The number of nitrogens with zero attached hydrogens (tertiary/aromatic N) is 1. The van der Waals surface area contributed by atoms with Gasteiger partial charge in [-0.3, -0.25) is 4.79 Å². The van der Waals surface area contributed by atoms with Crippen LogP contribution in [0.1, 0.15) is 12.1 Å². The third-order valence-electron chi connectivity index (χ3n) is 4.25. The number of ether oxygens (including phenoxy) is 2. The molecule has 0 unspecified atom stereocenters. The van der Waals surface area contributed by atoms with Crippen LogP contribution in [0.2, 0.25) is 0 Å². The highest BCUT2D eigenvalue weighted by atomic mass is 16.5. The summed E-state index contributed by atoms with van der Waals surface area (Å²) in [5.41, 5.74) is 3.79. The van der Waals surface area contributed by atoms with Crippen LogP contribution in [0.15, 0.2) is 60.7 Å². The van der Waals surface area contributed by atoms with Gasteiger partial charge < -0.3 is 19.1 Å². The molecule has 0 atom stereocenters. The van der Waals surface area contributed by atoms with Gasteiger partial charge in [0.05, 0.1) is 32.0 Å². The molecular formula is C21H21NO4. The second-order valence-electron chi connectivity index (χ2n) is 5.84. The van der Waals surface area contributed by atoms with E-state index in [9.17, 15) is 4.79 Å². The van der Waals surface area contributed by atoms with Crippen LogP contribution in [0.3, 0.4) is 0 Å². The molecule has 5 heteroatoms. The van der Waals surface area contributed by atoms with Crippen molar-refractivity contribution < 1.29 is 19.4 Å². The van der Waals surface area contributed by atoms with Crippen LogP contribution in [0.4, 0.5) is 0 Å². The summed E-state index contributed by atoms with van der Waals surface area (Å²) in [6.07, 6.45) is 0.494. The van der Waals surface area contributed by atoms with Crippen molar-refractivity contribution in [3.63, 3.8) is 0 Å². The van der Waals surface area contributed by atoms with Crippen LogP contribution >= 0.6 is 0 Å².